The molecule has 1 aliphatic rings. The van der Waals surface area contributed by atoms with Crippen LogP contribution in [0.4, 0.5) is 5.82 Å². The predicted octanol–water partition coefficient (Wildman–Crippen LogP) is 1.83. The van der Waals surface area contributed by atoms with Crippen LogP contribution in [0.25, 0.3) is 0 Å². The lowest BCUT2D eigenvalue weighted by molar-refractivity contribution is 0.148. The standard InChI is InChI=1S/C15H26N4/c1-13-5-4-6-15(17-13)16-9-12-19-10-7-14(8-11-19)18(2)3/h4-6,14H,7-12H2,1-3H3,(H,16,17). The highest BCUT2D eigenvalue weighted by Gasteiger charge is 2.19. The van der Waals surface area contributed by atoms with Crippen LogP contribution < -0.4 is 5.32 Å². The van der Waals surface area contributed by atoms with Crippen LogP contribution in [0.2, 0.25) is 0 Å². The van der Waals surface area contributed by atoms with E-state index in [1.165, 1.54) is 25.9 Å². The summed E-state index contributed by atoms with van der Waals surface area (Å²) in [6.07, 6.45) is 2.57. The molecular formula is C15H26N4. The van der Waals surface area contributed by atoms with Crippen LogP contribution in [0, 0.1) is 6.92 Å². The van der Waals surface area contributed by atoms with Crippen molar-refractivity contribution in [3.05, 3.63) is 23.9 Å². The van der Waals surface area contributed by atoms with Gasteiger partial charge in [0.25, 0.3) is 0 Å². The van der Waals surface area contributed by atoms with Gasteiger partial charge in [0.15, 0.2) is 0 Å². The number of anilines is 1. The molecule has 0 bridgehead atoms. The van der Waals surface area contributed by atoms with Crippen molar-refractivity contribution in [2.45, 2.75) is 25.8 Å². The first kappa shape index (κ1) is 14.3. The highest BCUT2D eigenvalue weighted by Crippen LogP contribution is 2.13. The number of rotatable bonds is 5. The van der Waals surface area contributed by atoms with E-state index in [2.05, 4.69) is 34.2 Å². The van der Waals surface area contributed by atoms with Crippen molar-refractivity contribution in [2.24, 2.45) is 0 Å². The fourth-order valence-corrected chi connectivity index (χ4v) is 2.64. The van der Waals surface area contributed by atoms with E-state index in [0.29, 0.717) is 0 Å². The summed E-state index contributed by atoms with van der Waals surface area (Å²) >= 11 is 0. The van der Waals surface area contributed by atoms with Gasteiger partial charge in [-0.15, -0.1) is 0 Å². The Morgan fingerprint density at radius 3 is 2.68 bits per heavy atom. The van der Waals surface area contributed by atoms with E-state index in [0.717, 1.165) is 30.6 Å². The van der Waals surface area contributed by atoms with E-state index in [-0.39, 0.29) is 0 Å². The normalized spacial score (nSPS) is 17.9. The fraction of sp³-hybridized carbons (Fsp3) is 0.667. The maximum atomic E-state index is 4.45. The number of likely N-dealkylation sites (tertiary alicyclic amines) is 1. The van der Waals surface area contributed by atoms with E-state index >= 15 is 0 Å². The molecule has 19 heavy (non-hydrogen) atoms. The Balaban J connectivity index is 1.67. The lowest BCUT2D eigenvalue weighted by atomic mass is 10.0. The van der Waals surface area contributed by atoms with Gasteiger partial charge in [0.05, 0.1) is 0 Å². The smallest absolute Gasteiger partial charge is 0.126 e. The molecule has 0 atom stereocenters. The van der Waals surface area contributed by atoms with Crippen molar-refractivity contribution < 1.29 is 0 Å². The first-order chi connectivity index (χ1) is 9.15. The van der Waals surface area contributed by atoms with Crippen LogP contribution in [-0.4, -0.2) is 61.1 Å². The third kappa shape index (κ3) is 4.48. The molecule has 4 heteroatoms. The first-order valence-electron chi connectivity index (χ1n) is 7.21. The molecule has 1 fully saturated rings. The molecule has 0 saturated carbocycles. The van der Waals surface area contributed by atoms with Gasteiger partial charge in [-0.3, -0.25) is 0 Å². The zero-order valence-corrected chi connectivity index (χ0v) is 12.4. The molecule has 1 aromatic heterocycles. The Morgan fingerprint density at radius 2 is 2.05 bits per heavy atom. The number of pyridine rings is 1. The summed E-state index contributed by atoms with van der Waals surface area (Å²) in [7, 11) is 4.37. The Kier molecular flexibility index (Phi) is 5.16. The molecule has 0 spiro atoms. The summed E-state index contributed by atoms with van der Waals surface area (Å²) in [4.78, 5) is 9.35. The molecule has 1 N–H and O–H groups in total. The van der Waals surface area contributed by atoms with Gasteiger partial charge in [0.2, 0.25) is 0 Å². The van der Waals surface area contributed by atoms with Gasteiger partial charge in [-0.25, -0.2) is 4.98 Å². The molecule has 1 aliphatic heterocycles. The molecule has 1 aromatic rings. The second-order valence-corrected chi connectivity index (χ2v) is 5.63. The van der Waals surface area contributed by atoms with Gasteiger partial charge in [0, 0.05) is 24.8 Å². The number of hydrogen-bond donors (Lipinski definition) is 1. The lowest BCUT2D eigenvalue weighted by Gasteiger charge is -2.35. The van der Waals surface area contributed by atoms with E-state index in [1.54, 1.807) is 0 Å². The maximum Gasteiger partial charge on any atom is 0.126 e. The van der Waals surface area contributed by atoms with Crippen molar-refractivity contribution in [1.82, 2.24) is 14.8 Å². The monoisotopic (exact) mass is 262 g/mol. The largest absolute Gasteiger partial charge is 0.369 e. The second-order valence-electron chi connectivity index (χ2n) is 5.63. The van der Waals surface area contributed by atoms with Gasteiger partial charge >= 0.3 is 0 Å². The molecule has 1 saturated heterocycles. The minimum Gasteiger partial charge on any atom is -0.369 e. The van der Waals surface area contributed by atoms with Crippen LogP contribution in [-0.2, 0) is 0 Å². The van der Waals surface area contributed by atoms with Crippen molar-refractivity contribution in [1.29, 1.82) is 0 Å². The third-order valence-corrected chi connectivity index (χ3v) is 3.91. The predicted molar refractivity (Wildman–Crippen MR) is 80.6 cm³/mol. The molecule has 0 aromatic carbocycles. The summed E-state index contributed by atoms with van der Waals surface area (Å²) < 4.78 is 0. The molecule has 4 nitrogen and oxygen atoms in total. The molecule has 0 unspecified atom stereocenters. The Morgan fingerprint density at radius 1 is 1.32 bits per heavy atom. The Bertz CT molecular complexity index is 383. The summed E-state index contributed by atoms with van der Waals surface area (Å²) in [5, 5.41) is 3.40. The third-order valence-electron chi connectivity index (χ3n) is 3.91. The van der Waals surface area contributed by atoms with Gasteiger partial charge < -0.3 is 15.1 Å². The zero-order chi connectivity index (χ0) is 13.7. The van der Waals surface area contributed by atoms with Crippen molar-refractivity contribution >= 4 is 5.82 Å². The van der Waals surface area contributed by atoms with Crippen molar-refractivity contribution in [2.75, 3.05) is 45.6 Å². The summed E-state index contributed by atoms with van der Waals surface area (Å²) in [6, 6.07) is 6.87. The molecule has 2 rings (SSSR count). The van der Waals surface area contributed by atoms with E-state index in [9.17, 15) is 0 Å². The second kappa shape index (κ2) is 6.87. The lowest BCUT2D eigenvalue weighted by Crippen LogP contribution is -2.43. The minimum atomic E-state index is 0.766. The van der Waals surface area contributed by atoms with Gasteiger partial charge in [0.1, 0.15) is 5.82 Å². The minimum absolute atomic E-state index is 0.766. The van der Waals surface area contributed by atoms with Gasteiger partial charge in [-0.05, 0) is 59.1 Å². The quantitative estimate of drug-likeness (QED) is 0.877. The highest BCUT2D eigenvalue weighted by atomic mass is 15.2. The van der Waals surface area contributed by atoms with Crippen LogP contribution >= 0.6 is 0 Å². The van der Waals surface area contributed by atoms with Crippen LogP contribution in [0.3, 0.4) is 0 Å². The molecular weight excluding hydrogens is 236 g/mol. The molecule has 2 heterocycles. The number of hydrogen-bond acceptors (Lipinski definition) is 4. The Hall–Kier alpha value is -1.13. The molecule has 106 valence electrons. The summed E-state index contributed by atoms with van der Waals surface area (Å²) in [5.74, 6) is 0.989. The van der Waals surface area contributed by atoms with Crippen LogP contribution in [0.5, 0.6) is 0 Å². The summed E-state index contributed by atoms with van der Waals surface area (Å²) in [6.45, 7) is 6.54. The SMILES string of the molecule is Cc1cccc(NCCN2CCC(N(C)C)CC2)n1. The van der Waals surface area contributed by atoms with E-state index in [4.69, 9.17) is 0 Å². The van der Waals surface area contributed by atoms with Crippen molar-refractivity contribution in [3.8, 4) is 0 Å². The summed E-state index contributed by atoms with van der Waals surface area (Å²) in [5.41, 5.74) is 1.07. The Labute approximate surface area is 116 Å². The van der Waals surface area contributed by atoms with E-state index in [1.807, 2.05) is 25.1 Å². The van der Waals surface area contributed by atoms with Crippen LogP contribution in [0.1, 0.15) is 18.5 Å². The number of piperidine rings is 1. The zero-order valence-electron chi connectivity index (χ0n) is 12.4. The molecule has 0 aliphatic carbocycles. The fourth-order valence-electron chi connectivity index (χ4n) is 2.64. The average Bonchev–Trinajstić information content (AvgIpc) is 2.39. The maximum absolute atomic E-state index is 4.45. The highest BCUT2D eigenvalue weighted by molar-refractivity contribution is 5.34. The van der Waals surface area contributed by atoms with E-state index < -0.39 is 0 Å². The van der Waals surface area contributed by atoms with Crippen molar-refractivity contribution in [3.63, 3.8) is 0 Å². The van der Waals surface area contributed by atoms with Crippen LogP contribution in [0.15, 0.2) is 18.2 Å². The first-order valence-corrected chi connectivity index (χ1v) is 7.21. The number of nitrogens with zero attached hydrogens (tertiary/aromatic N) is 3. The van der Waals surface area contributed by atoms with Gasteiger partial charge in [-0.1, -0.05) is 6.07 Å². The number of aryl methyl sites for hydroxylation is 1. The molecule has 0 radical (unpaired) electrons. The number of nitrogens with one attached hydrogen (secondary N) is 1. The molecule has 0 amide bonds. The number of aromatic nitrogens is 1. The average molecular weight is 262 g/mol. The van der Waals surface area contributed by atoms with Gasteiger partial charge in [-0.2, -0.15) is 0 Å². The topological polar surface area (TPSA) is 31.4 Å².